The number of rotatable bonds is 5. The molecular formula is C33H40O7. The van der Waals surface area contributed by atoms with Crippen molar-refractivity contribution in [1.29, 1.82) is 0 Å². The van der Waals surface area contributed by atoms with Crippen molar-refractivity contribution >= 4 is 29.8 Å². The highest BCUT2D eigenvalue weighted by molar-refractivity contribution is 5.87. The van der Waals surface area contributed by atoms with Crippen molar-refractivity contribution in [2.24, 2.45) is 33.5 Å². The minimum atomic E-state index is -0.900. The zero-order valence-electron chi connectivity index (χ0n) is 24.3. The molecule has 0 amide bonds. The molecule has 0 aliphatic heterocycles. The number of hydrogen-bond acceptors (Lipinski definition) is 7. The van der Waals surface area contributed by atoms with Gasteiger partial charge in [-0.2, -0.15) is 0 Å². The lowest BCUT2D eigenvalue weighted by atomic mass is 9.42. The first kappa shape index (κ1) is 28.3. The fraction of sp³-hybridized carbons (Fsp3) is 0.576. The van der Waals surface area contributed by atoms with Crippen LogP contribution in [-0.4, -0.2) is 42.0 Å². The number of fused-ring (bicyclic) bond motifs is 1. The van der Waals surface area contributed by atoms with Crippen LogP contribution in [-0.2, 0) is 33.4 Å². The molecule has 8 atom stereocenters. The summed E-state index contributed by atoms with van der Waals surface area (Å²) < 4.78 is 18.3. The molecular weight excluding hydrogens is 508 g/mol. The maximum Gasteiger partial charge on any atom is 0.331 e. The van der Waals surface area contributed by atoms with Crippen LogP contribution < -0.4 is 0 Å². The minimum absolute atomic E-state index is 0.0102. The molecule has 7 nitrogen and oxygen atoms in total. The van der Waals surface area contributed by atoms with Crippen molar-refractivity contribution in [1.82, 2.24) is 0 Å². The highest BCUT2D eigenvalue weighted by Gasteiger charge is 2.88. The van der Waals surface area contributed by atoms with Gasteiger partial charge in [0.25, 0.3) is 0 Å². The van der Waals surface area contributed by atoms with Crippen LogP contribution in [0.1, 0.15) is 72.8 Å². The molecule has 4 saturated carbocycles. The first-order chi connectivity index (χ1) is 18.7. The zero-order chi connectivity index (χ0) is 29.3. The van der Waals surface area contributed by atoms with Crippen molar-refractivity contribution in [3.63, 3.8) is 0 Å². The number of carbonyl (C=O) groups is 4. The van der Waals surface area contributed by atoms with E-state index >= 15 is 0 Å². The van der Waals surface area contributed by atoms with Gasteiger partial charge in [0.05, 0.1) is 0 Å². The van der Waals surface area contributed by atoms with Gasteiger partial charge in [-0.25, -0.2) is 4.79 Å². The van der Waals surface area contributed by atoms with Crippen LogP contribution in [0.5, 0.6) is 0 Å². The zero-order valence-corrected chi connectivity index (χ0v) is 24.3. The van der Waals surface area contributed by atoms with E-state index in [9.17, 15) is 19.2 Å². The summed E-state index contributed by atoms with van der Waals surface area (Å²) in [5.41, 5.74) is -1.21. The Morgan fingerprint density at radius 1 is 0.975 bits per heavy atom. The Morgan fingerprint density at radius 3 is 2.23 bits per heavy atom. The lowest BCUT2D eigenvalue weighted by molar-refractivity contribution is -0.194. The Kier molecular flexibility index (Phi) is 6.67. The van der Waals surface area contributed by atoms with E-state index in [1.807, 2.05) is 37.3 Å². The summed E-state index contributed by atoms with van der Waals surface area (Å²) in [6.07, 6.45) is 3.01. The van der Waals surface area contributed by atoms with Gasteiger partial charge < -0.3 is 14.2 Å². The summed E-state index contributed by atoms with van der Waals surface area (Å²) in [6.45, 7) is 15.6. The topological polar surface area (TPSA) is 96.0 Å². The second-order valence-electron chi connectivity index (χ2n) is 13.0. The summed E-state index contributed by atoms with van der Waals surface area (Å²) >= 11 is 0. The maximum atomic E-state index is 13.6. The molecule has 0 unspecified atom stereocenters. The Hall–Kier alpha value is -3.22. The number of hydrogen-bond donors (Lipinski definition) is 0. The molecule has 4 fully saturated rings. The lowest BCUT2D eigenvalue weighted by Gasteiger charge is -2.60. The molecule has 0 N–H and O–H groups in total. The quantitative estimate of drug-likeness (QED) is 0.208. The summed E-state index contributed by atoms with van der Waals surface area (Å²) in [6, 6.07) is 9.51. The Balaban J connectivity index is 1.63. The van der Waals surface area contributed by atoms with Gasteiger partial charge in [-0.3, -0.25) is 14.4 Å². The standard InChI is InChI=1S/C33H40O7/c1-19-25(36)17-24-18-32-20(2)26(40-27(37)14-13-23-11-9-8-10-12-23)15-16-31(32,7)28(38-21(3)34)29(39-22(4)35)33(19,32)30(24,5)6/h8-14,19,24,26,28-29H,2,15-18H2,1,3-7H3/b14-13+/t19-,24+,26+,28+,29+,31+,32+,33-/m0/s1. The van der Waals surface area contributed by atoms with E-state index in [0.717, 1.165) is 11.1 Å². The summed E-state index contributed by atoms with van der Waals surface area (Å²) in [5, 5.41) is 0. The highest BCUT2D eigenvalue weighted by Crippen LogP contribution is 2.86. The number of ketones is 1. The van der Waals surface area contributed by atoms with E-state index in [4.69, 9.17) is 14.2 Å². The molecule has 1 aromatic rings. The minimum Gasteiger partial charge on any atom is -0.458 e. The molecule has 0 heterocycles. The molecule has 40 heavy (non-hydrogen) atoms. The monoisotopic (exact) mass is 548 g/mol. The first-order valence-corrected chi connectivity index (χ1v) is 14.2. The molecule has 0 aromatic heterocycles. The van der Waals surface area contributed by atoms with E-state index in [1.165, 1.54) is 19.9 Å². The van der Waals surface area contributed by atoms with Crippen molar-refractivity contribution in [3.05, 3.63) is 54.1 Å². The van der Waals surface area contributed by atoms with Crippen molar-refractivity contribution in [2.45, 2.75) is 85.5 Å². The van der Waals surface area contributed by atoms with Gasteiger partial charge in [0, 0.05) is 48.5 Å². The average molecular weight is 549 g/mol. The van der Waals surface area contributed by atoms with E-state index in [0.29, 0.717) is 25.7 Å². The Bertz CT molecular complexity index is 1290. The number of ether oxygens (including phenoxy) is 3. The SMILES string of the molecule is C=C1[C@H](OC(=O)/C=C/c2ccccc2)CC[C@]2(C)[C@H](OC(C)=O)[C@@H](OC(C)=O)[C@]34[C@@H](C)C(=O)C[C@H](C[C@]132)C4(C)C. The van der Waals surface area contributed by atoms with Crippen LogP contribution >= 0.6 is 0 Å². The molecule has 0 radical (unpaired) electrons. The fourth-order valence-corrected chi connectivity index (χ4v) is 9.73. The summed E-state index contributed by atoms with van der Waals surface area (Å²) in [7, 11) is 0. The molecule has 214 valence electrons. The van der Waals surface area contributed by atoms with Gasteiger partial charge in [0.1, 0.15) is 24.1 Å². The predicted octanol–water partition coefficient (Wildman–Crippen LogP) is 5.47. The number of carbonyl (C=O) groups excluding carboxylic acids is 4. The van der Waals surface area contributed by atoms with E-state index < -0.39 is 63.8 Å². The van der Waals surface area contributed by atoms with E-state index in [-0.39, 0.29) is 11.7 Å². The smallest absolute Gasteiger partial charge is 0.331 e. The predicted molar refractivity (Wildman–Crippen MR) is 148 cm³/mol. The number of esters is 3. The first-order valence-electron chi connectivity index (χ1n) is 14.2. The highest BCUT2D eigenvalue weighted by atomic mass is 16.6. The van der Waals surface area contributed by atoms with Crippen molar-refractivity contribution in [3.8, 4) is 0 Å². The van der Waals surface area contributed by atoms with Crippen molar-refractivity contribution < 1.29 is 33.4 Å². The average Bonchev–Trinajstić information content (AvgIpc) is 3.14. The third-order valence-corrected chi connectivity index (χ3v) is 11.2. The van der Waals surface area contributed by atoms with E-state index in [1.54, 1.807) is 6.08 Å². The molecule has 0 saturated heterocycles. The van der Waals surface area contributed by atoms with Gasteiger partial charge in [-0.15, -0.1) is 0 Å². The van der Waals surface area contributed by atoms with Gasteiger partial charge >= 0.3 is 17.9 Å². The molecule has 1 aromatic carbocycles. The Labute approximate surface area is 236 Å². The molecule has 4 aliphatic carbocycles. The van der Waals surface area contributed by atoms with Crippen LogP contribution in [0, 0.1) is 33.5 Å². The fourth-order valence-electron chi connectivity index (χ4n) is 9.73. The van der Waals surface area contributed by atoms with Gasteiger partial charge in [-0.1, -0.05) is 64.6 Å². The molecule has 7 heteroatoms. The number of benzene rings is 1. The van der Waals surface area contributed by atoms with E-state index in [2.05, 4.69) is 27.4 Å². The summed E-state index contributed by atoms with van der Waals surface area (Å²) in [5.74, 6) is -1.80. The van der Waals surface area contributed by atoms with Crippen LogP contribution in [0.2, 0.25) is 0 Å². The van der Waals surface area contributed by atoms with Crippen LogP contribution in [0.3, 0.4) is 0 Å². The molecule has 2 spiro atoms. The third-order valence-electron chi connectivity index (χ3n) is 11.2. The summed E-state index contributed by atoms with van der Waals surface area (Å²) in [4.78, 5) is 51.8. The van der Waals surface area contributed by atoms with Gasteiger partial charge in [-0.05, 0) is 47.8 Å². The largest absolute Gasteiger partial charge is 0.458 e. The Morgan fingerprint density at radius 2 is 1.60 bits per heavy atom. The van der Waals surface area contributed by atoms with Crippen LogP contribution in [0.15, 0.2) is 48.6 Å². The maximum absolute atomic E-state index is 13.6. The van der Waals surface area contributed by atoms with Gasteiger partial charge in [0.15, 0.2) is 0 Å². The molecule has 5 rings (SSSR count). The normalized spacial score (nSPS) is 39.4. The molecule has 2 bridgehead atoms. The van der Waals surface area contributed by atoms with Crippen molar-refractivity contribution in [2.75, 3.05) is 0 Å². The van der Waals surface area contributed by atoms with Crippen LogP contribution in [0.25, 0.3) is 6.08 Å². The lowest BCUT2D eigenvalue weighted by Crippen LogP contribution is -2.62. The van der Waals surface area contributed by atoms with Gasteiger partial charge in [0.2, 0.25) is 0 Å². The second-order valence-corrected chi connectivity index (χ2v) is 13.0. The van der Waals surface area contributed by atoms with Crippen LogP contribution in [0.4, 0.5) is 0 Å². The molecule has 4 aliphatic rings. The number of Topliss-reactive ketones (excluding diaryl/α,β-unsaturated/α-hetero) is 1. The second kappa shape index (κ2) is 9.42. The third kappa shape index (κ3) is 3.55.